The molecule has 4 heteroatoms. The molecule has 3 rings (SSSR count). The van der Waals surface area contributed by atoms with Crippen LogP contribution in [0, 0.1) is 0 Å². The minimum absolute atomic E-state index is 0.126. The lowest BCUT2D eigenvalue weighted by Crippen LogP contribution is -2.40. The van der Waals surface area contributed by atoms with Crippen molar-refractivity contribution < 1.29 is 14.9 Å². The second-order valence-corrected chi connectivity index (χ2v) is 6.70. The lowest BCUT2D eigenvalue weighted by Gasteiger charge is -2.34. The molecule has 2 aliphatic heterocycles. The highest BCUT2D eigenvalue weighted by Crippen LogP contribution is 2.42. The van der Waals surface area contributed by atoms with E-state index in [9.17, 15) is 10.2 Å². The Bertz CT molecular complexity index is 304. The summed E-state index contributed by atoms with van der Waals surface area (Å²) < 4.78 is 6.37. The molecule has 3 atom stereocenters. The molecular weight excluding hydrogens is 242 g/mol. The van der Waals surface area contributed by atoms with Crippen LogP contribution in [-0.2, 0) is 4.74 Å². The predicted molar refractivity (Wildman–Crippen MR) is 73.0 cm³/mol. The fourth-order valence-electron chi connectivity index (χ4n) is 4.22. The van der Waals surface area contributed by atoms with Crippen molar-refractivity contribution in [1.29, 1.82) is 0 Å². The molecule has 1 aliphatic carbocycles. The lowest BCUT2D eigenvalue weighted by atomic mass is 9.83. The van der Waals surface area contributed by atoms with Crippen molar-refractivity contribution in [3.63, 3.8) is 0 Å². The maximum atomic E-state index is 9.72. The van der Waals surface area contributed by atoms with Crippen LogP contribution in [0.2, 0.25) is 0 Å². The first kappa shape index (κ1) is 13.8. The third-order valence-corrected chi connectivity index (χ3v) is 5.26. The minimum Gasteiger partial charge on any atom is -0.395 e. The second-order valence-electron chi connectivity index (χ2n) is 6.70. The van der Waals surface area contributed by atoms with Gasteiger partial charge in [-0.25, -0.2) is 0 Å². The Morgan fingerprint density at radius 2 is 1.95 bits per heavy atom. The van der Waals surface area contributed by atoms with E-state index in [0.29, 0.717) is 19.1 Å². The molecule has 1 spiro atoms. The molecule has 0 unspecified atom stereocenters. The quantitative estimate of drug-likeness (QED) is 0.811. The normalized spacial score (nSPS) is 39.2. The summed E-state index contributed by atoms with van der Waals surface area (Å²) >= 11 is 0. The summed E-state index contributed by atoms with van der Waals surface area (Å²) in [6, 6.07) is 0.126. The number of likely N-dealkylation sites (tertiary alicyclic amines) is 1. The number of β-amino-alcohol motifs (C(OH)–C–C–N with tert-alkyl or cyclic N) is 1. The van der Waals surface area contributed by atoms with Crippen molar-refractivity contribution in [3.05, 3.63) is 0 Å². The van der Waals surface area contributed by atoms with Crippen LogP contribution in [0.5, 0.6) is 0 Å². The summed E-state index contributed by atoms with van der Waals surface area (Å²) in [6.07, 6.45) is 9.53. The van der Waals surface area contributed by atoms with Crippen LogP contribution < -0.4 is 0 Å². The van der Waals surface area contributed by atoms with Crippen LogP contribution >= 0.6 is 0 Å². The number of hydrogen-bond donors (Lipinski definition) is 2. The predicted octanol–water partition coefficient (Wildman–Crippen LogP) is 1.30. The fourth-order valence-corrected chi connectivity index (χ4v) is 4.22. The van der Waals surface area contributed by atoms with Gasteiger partial charge >= 0.3 is 0 Å². The van der Waals surface area contributed by atoms with Crippen LogP contribution in [0.1, 0.15) is 51.4 Å². The molecule has 0 bridgehead atoms. The van der Waals surface area contributed by atoms with Crippen LogP contribution in [-0.4, -0.2) is 58.7 Å². The molecule has 4 nitrogen and oxygen atoms in total. The van der Waals surface area contributed by atoms with Gasteiger partial charge in [0.15, 0.2) is 0 Å². The molecule has 3 fully saturated rings. The second kappa shape index (κ2) is 5.68. The third-order valence-electron chi connectivity index (χ3n) is 5.26. The maximum absolute atomic E-state index is 9.72. The Hall–Kier alpha value is -0.160. The Morgan fingerprint density at radius 3 is 2.68 bits per heavy atom. The third kappa shape index (κ3) is 2.97. The molecule has 2 saturated heterocycles. The molecule has 1 saturated carbocycles. The van der Waals surface area contributed by atoms with E-state index in [1.807, 2.05) is 0 Å². The molecule has 2 N–H and O–H groups in total. The van der Waals surface area contributed by atoms with Crippen molar-refractivity contribution in [1.82, 2.24) is 4.90 Å². The van der Waals surface area contributed by atoms with Crippen molar-refractivity contribution in [2.75, 3.05) is 19.7 Å². The highest BCUT2D eigenvalue weighted by atomic mass is 16.5. The minimum atomic E-state index is -0.276. The fraction of sp³-hybridized carbons (Fsp3) is 1.00. The van der Waals surface area contributed by atoms with E-state index in [1.165, 1.54) is 38.5 Å². The Labute approximate surface area is 115 Å². The largest absolute Gasteiger partial charge is 0.395 e. The molecule has 0 aromatic carbocycles. The molecule has 0 aromatic rings. The lowest BCUT2D eigenvalue weighted by molar-refractivity contribution is -0.0740. The van der Waals surface area contributed by atoms with Gasteiger partial charge in [0.05, 0.1) is 24.4 Å². The number of aliphatic hydroxyl groups is 2. The SMILES string of the molecule is OC[C@@H]1C[C@H](O)CN1C[C@@H]1CCC2(CCCCC2)O1. The van der Waals surface area contributed by atoms with E-state index in [-0.39, 0.29) is 24.4 Å². The Balaban J connectivity index is 1.54. The molecule has 0 amide bonds. The number of rotatable bonds is 3. The average molecular weight is 269 g/mol. The molecule has 19 heavy (non-hydrogen) atoms. The summed E-state index contributed by atoms with van der Waals surface area (Å²) in [5.41, 5.74) is 0.177. The van der Waals surface area contributed by atoms with E-state index in [4.69, 9.17) is 4.74 Å². The van der Waals surface area contributed by atoms with Crippen molar-refractivity contribution in [3.8, 4) is 0 Å². The van der Waals surface area contributed by atoms with Crippen LogP contribution in [0.3, 0.4) is 0 Å². The first-order valence-corrected chi connectivity index (χ1v) is 7.92. The summed E-state index contributed by atoms with van der Waals surface area (Å²) in [4.78, 5) is 2.22. The maximum Gasteiger partial charge on any atom is 0.0710 e. The van der Waals surface area contributed by atoms with Gasteiger partial charge in [0.2, 0.25) is 0 Å². The zero-order chi connectivity index (χ0) is 13.3. The van der Waals surface area contributed by atoms with Gasteiger partial charge in [-0.15, -0.1) is 0 Å². The summed E-state index contributed by atoms with van der Waals surface area (Å²) in [5, 5.41) is 19.1. The van der Waals surface area contributed by atoms with E-state index < -0.39 is 0 Å². The number of nitrogens with zero attached hydrogens (tertiary/aromatic N) is 1. The topological polar surface area (TPSA) is 52.9 Å². The highest BCUT2D eigenvalue weighted by molar-refractivity contribution is 4.94. The van der Waals surface area contributed by atoms with Crippen LogP contribution in [0.25, 0.3) is 0 Å². The van der Waals surface area contributed by atoms with Gasteiger partial charge in [-0.2, -0.15) is 0 Å². The van der Waals surface area contributed by atoms with Crippen molar-refractivity contribution >= 4 is 0 Å². The van der Waals surface area contributed by atoms with Gasteiger partial charge in [-0.05, 0) is 32.1 Å². The van der Waals surface area contributed by atoms with E-state index in [1.54, 1.807) is 0 Å². The summed E-state index contributed by atoms with van der Waals surface area (Å²) in [5.74, 6) is 0. The monoisotopic (exact) mass is 269 g/mol. The summed E-state index contributed by atoms with van der Waals surface area (Å²) in [7, 11) is 0. The van der Waals surface area contributed by atoms with Gasteiger partial charge in [0.25, 0.3) is 0 Å². The molecule has 2 heterocycles. The zero-order valence-corrected chi connectivity index (χ0v) is 11.8. The first-order valence-electron chi connectivity index (χ1n) is 7.92. The number of aliphatic hydroxyl groups excluding tert-OH is 2. The first-order chi connectivity index (χ1) is 9.21. The van der Waals surface area contributed by atoms with Crippen LogP contribution in [0.4, 0.5) is 0 Å². The van der Waals surface area contributed by atoms with E-state index in [2.05, 4.69) is 4.90 Å². The molecule has 110 valence electrons. The molecule has 3 aliphatic rings. The molecular formula is C15H27NO3. The summed E-state index contributed by atoms with van der Waals surface area (Å²) in [6.45, 7) is 1.72. The standard InChI is InChI=1S/C15H27NO3/c17-11-12-8-13(18)9-16(12)10-14-4-7-15(19-14)5-2-1-3-6-15/h12-14,17-18H,1-11H2/t12-,13-,14-/m0/s1. The number of hydrogen-bond acceptors (Lipinski definition) is 4. The van der Waals surface area contributed by atoms with Crippen molar-refractivity contribution in [2.24, 2.45) is 0 Å². The van der Waals surface area contributed by atoms with Gasteiger partial charge < -0.3 is 14.9 Å². The Morgan fingerprint density at radius 1 is 1.16 bits per heavy atom. The number of ether oxygens (including phenoxy) is 1. The van der Waals surface area contributed by atoms with Crippen LogP contribution in [0.15, 0.2) is 0 Å². The average Bonchev–Trinajstić information content (AvgIpc) is 2.95. The Kier molecular flexibility index (Phi) is 4.13. The van der Waals surface area contributed by atoms with Crippen molar-refractivity contribution in [2.45, 2.75) is 75.2 Å². The van der Waals surface area contributed by atoms with Gasteiger partial charge in [-0.3, -0.25) is 4.90 Å². The van der Waals surface area contributed by atoms with Gasteiger partial charge in [-0.1, -0.05) is 19.3 Å². The van der Waals surface area contributed by atoms with Gasteiger partial charge in [0, 0.05) is 19.1 Å². The van der Waals surface area contributed by atoms with Gasteiger partial charge in [0.1, 0.15) is 0 Å². The smallest absolute Gasteiger partial charge is 0.0710 e. The van der Waals surface area contributed by atoms with E-state index >= 15 is 0 Å². The molecule has 0 radical (unpaired) electrons. The zero-order valence-electron chi connectivity index (χ0n) is 11.8. The molecule has 0 aromatic heterocycles. The van der Waals surface area contributed by atoms with E-state index in [0.717, 1.165) is 13.0 Å². The highest BCUT2D eigenvalue weighted by Gasteiger charge is 2.42.